The van der Waals surface area contributed by atoms with Crippen LogP contribution in [0.2, 0.25) is 0 Å². The summed E-state index contributed by atoms with van der Waals surface area (Å²) >= 11 is 0. The van der Waals surface area contributed by atoms with Crippen LogP contribution in [0.25, 0.3) is 11.3 Å². The van der Waals surface area contributed by atoms with Crippen molar-refractivity contribution in [1.82, 2.24) is 9.78 Å². The lowest BCUT2D eigenvalue weighted by molar-refractivity contribution is 0.531. The second kappa shape index (κ2) is 4.38. The van der Waals surface area contributed by atoms with Crippen LogP contribution in [0.5, 0.6) is 0 Å². The van der Waals surface area contributed by atoms with Crippen molar-refractivity contribution in [1.29, 1.82) is 0 Å². The molecule has 0 aliphatic carbocycles. The van der Waals surface area contributed by atoms with Crippen LogP contribution in [-0.4, -0.2) is 9.78 Å². The van der Waals surface area contributed by atoms with E-state index >= 15 is 0 Å². The van der Waals surface area contributed by atoms with E-state index in [0.717, 1.165) is 11.3 Å². The van der Waals surface area contributed by atoms with Crippen molar-refractivity contribution >= 4 is 0 Å². The topological polar surface area (TPSA) is 60.9 Å². The number of hydrogen-bond donors (Lipinski definition) is 1. The Balaban J connectivity index is 2.66. The molecule has 0 saturated heterocycles. The largest absolute Gasteiger partial charge is 0.322 e. The fourth-order valence-electron chi connectivity index (χ4n) is 1.82. The first-order valence-electron chi connectivity index (χ1n) is 5.83. The van der Waals surface area contributed by atoms with Gasteiger partial charge in [0, 0.05) is 23.7 Å². The number of hydrogen-bond acceptors (Lipinski definition) is 3. The van der Waals surface area contributed by atoms with Crippen LogP contribution in [0.15, 0.2) is 41.2 Å². The highest BCUT2D eigenvalue weighted by Crippen LogP contribution is 2.20. The molecule has 0 amide bonds. The van der Waals surface area contributed by atoms with Gasteiger partial charge < -0.3 is 5.73 Å². The molecule has 0 unspecified atom stereocenters. The molecule has 0 atom stereocenters. The molecule has 0 bridgehead atoms. The molecule has 1 aromatic carbocycles. The van der Waals surface area contributed by atoms with E-state index in [1.54, 1.807) is 13.1 Å². The molecule has 4 nitrogen and oxygen atoms in total. The summed E-state index contributed by atoms with van der Waals surface area (Å²) in [5, 5.41) is 4.27. The van der Waals surface area contributed by atoms with Crippen LogP contribution < -0.4 is 11.3 Å². The van der Waals surface area contributed by atoms with E-state index in [2.05, 4.69) is 5.10 Å². The molecule has 4 heteroatoms. The molecule has 0 spiro atoms. The van der Waals surface area contributed by atoms with Crippen molar-refractivity contribution in [3.05, 3.63) is 52.3 Å². The van der Waals surface area contributed by atoms with Gasteiger partial charge in [0.1, 0.15) is 0 Å². The van der Waals surface area contributed by atoms with Crippen LogP contribution >= 0.6 is 0 Å². The van der Waals surface area contributed by atoms with Crippen molar-refractivity contribution in [3.8, 4) is 11.3 Å². The fourth-order valence-corrected chi connectivity index (χ4v) is 1.82. The molecule has 2 N–H and O–H groups in total. The van der Waals surface area contributed by atoms with Crippen LogP contribution in [0.3, 0.4) is 0 Å². The third-order valence-corrected chi connectivity index (χ3v) is 2.83. The van der Waals surface area contributed by atoms with Gasteiger partial charge in [0.2, 0.25) is 0 Å². The summed E-state index contributed by atoms with van der Waals surface area (Å²) < 4.78 is 1.34. The Labute approximate surface area is 106 Å². The van der Waals surface area contributed by atoms with Crippen molar-refractivity contribution in [2.75, 3.05) is 0 Å². The van der Waals surface area contributed by atoms with Gasteiger partial charge in [-0.15, -0.1) is 0 Å². The van der Waals surface area contributed by atoms with Crippen molar-refractivity contribution in [2.45, 2.75) is 19.4 Å². The minimum atomic E-state index is -0.679. The number of aryl methyl sites for hydroxylation is 1. The first-order chi connectivity index (χ1) is 8.39. The molecule has 2 rings (SSSR count). The summed E-state index contributed by atoms with van der Waals surface area (Å²) in [4.78, 5) is 12.0. The lowest BCUT2D eigenvalue weighted by Gasteiger charge is -2.19. The van der Waals surface area contributed by atoms with Gasteiger partial charge in [-0.25, -0.2) is 4.68 Å². The van der Waals surface area contributed by atoms with E-state index < -0.39 is 5.54 Å². The number of aromatic nitrogens is 2. The molecule has 18 heavy (non-hydrogen) atoms. The smallest absolute Gasteiger partial charge is 0.271 e. The highest BCUT2D eigenvalue weighted by Gasteiger charge is 2.20. The molecule has 1 heterocycles. The van der Waals surface area contributed by atoms with Crippen LogP contribution in [-0.2, 0) is 12.6 Å². The Bertz CT molecular complexity index is 609. The minimum Gasteiger partial charge on any atom is -0.322 e. The highest BCUT2D eigenvalue weighted by molar-refractivity contribution is 5.59. The Morgan fingerprint density at radius 1 is 1.22 bits per heavy atom. The predicted octanol–water partition coefficient (Wildman–Crippen LogP) is 1.64. The summed E-state index contributed by atoms with van der Waals surface area (Å²) in [5.74, 6) is 0. The molecule has 2 aromatic rings. The summed E-state index contributed by atoms with van der Waals surface area (Å²) in [7, 11) is 1.64. The van der Waals surface area contributed by atoms with Gasteiger partial charge in [-0.3, -0.25) is 4.79 Å². The third-order valence-electron chi connectivity index (χ3n) is 2.83. The van der Waals surface area contributed by atoms with Crippen molar-refractivity contribution < 1.29 is 0 Å². The molecule has 0 aliphatic rings. The lowest BCUT2D eigenvalue weighted by Crippen LogP contribution is -2.38. The standard InChI is InChI=1S/C14H17N3O/c1-14(2,15)11-9-12(16-17(3)13(11)18)10-7-5-4-6-8-10/h4-9H,15H2,1-3H3. The van der Waals surface area contributed by atoms with Crippen LogP contribution in [0.1, 0.15) is 19.4 Å². The van der Waals surface area contributed by atoms with Gasteiger partial charge in [-0.2, -0.15) is 5.10 Å². The molecule has 0 radical (unpaired) electrons. The Hall–Kier alpha value is -1.94. The van der Waals surface area contributed by atoms with Crippen LogP contribution in [0, 0.1) is 0 Å². The van der Waals surface area contributed by atoms with Gasteiger partial charge in [-0.05, 0) is 19.9 Å². The second-order valence-corrected chi connectivity index (χ2v) is 4.96. The number of rotatable bonds is 2. The van der Waals surface area contributed by atoms with E-state index in [9.17, 15) is 4.79 Å². The first kappa shape index (κ1) is 12.5. The fraction of sp³-hybridized carbons (Fsp3) is 0.286. The average molecular weight is 243 g/mol. The Morgan fingerprint density at radius 3 is 2.39 bits per heavy atom. The summed E-state index contributed by atoms with van der Waals surface area (Å²) in [6.45, 7) is 3.64. The van der Waals surface area contributed by atoms with Gasteiger partial charge in [0.15, 0.2) is 0 Å². The van der Waals surface area contributed by atoms with E-state index in [0.29, 0.717) is 5.56 Å². The summed E-state index contributed by atoms with van der Waals surface area (Å²) in [5.41, 5.74) is 7.50. The molecular formula is C14H17N3O. The lowest BCUT2D eigenvalue weighted by atomic mass is 9.96. The highest BCUT2D eigenvalue weighted by atomic mass is 16.1. The summed E-state index contributed by atoms with van der Waals surface area (Å²) in [6, 6.07) is 11.5. The van der Waals surface area contributed by atoms with E-state index in [4.69, 9.17) is 5.73 Å². The van der Waals surface area contributed by atoms with Gasteiger partial charge >= 0.3 is 0 Å². The summed E-state index contributed by atoms with van der Waals surface area (Å²) in [6.07, 6.45) is 0. The van der Waals surface area contributed by atoms with E-state index in [-0.39, 0.29) is 5.56 Å². The molecule has 94 valence electrons. The van der Waals surface area contributed by atoms with Gasteiger partial charge in [-0.1, -0.05) is 30.3 Å². The zero-order chi connectivity index (χ0) is 13.3. The zero-order valence-corrected chi connectivity index (χ0v) is 10.8. The molecular weight excluding hydrogens is 226 g/mol. The van der Waals surface area contributed by atoms with Gasteiger partial charge in [0.25, 0.3) is 5.56 Å². The maximum Gasteiger partial charge on any atom is 0.271 e. The zero-order valence-electron chi connectivity index (χ0n) is 10.8. The van der Waals surface area contributed by atoms with Crippen molar-refractivity contribution in [2.24, 2.45) is 12.8 Å². The Morgan fingerprint density at radius 2 is 1.83 bits per heavy atom. The average Bonchev–Trinajstić information content (AvgIpc) is 2.32. The first-order valence-corrected chi connectivity index (χ1v) is 5.83. The molecule has 0 saturated carbocycles. The van der Waals surface area contributed by atoms with Gasteiger partial charge in [0.05, 0.1) is 5.69 Å². The molecule has 1 aromatic heterocycles. The second-order valence-electron chi connectivity index (χ2n) is 4.96. The SMILES string of the molecule is Cn1nc(-c2ccccc2)cc(C(C)(C)N)c1=O. The monoisotopic (exact) mass is 243 g/mol. The third kappa shape index (κ3) is 2.33. The predicted molar refractivity (Wildman–Crippen MR) is 72.1 cm³/mol. The number of nitrogens with two attached hydrogens (primary N) is 1. The van der Waals surface area contributed by atoms with E-state index in [1.165, 1.54) is 4.68 Å². The number of nitrogens with zero attached hydrogens (tertiary/aromatic N) is 2. The Kier molecular flexibility index (Phi) is 3.05. The molecule has 0 fully saturated rings. The van der Waals surface area contributed by atoms with Crippen LogP contribution in [0.4, 0.5) is 0 Å². The molecule has 0 aliphatic heterocycles. The quantitative estimate of drug-likeness (QED) is 0.872. The minimum absolute atomic E-state index is 0.151. The number of benzene rings is 1. The normalized spacial score (nSPS) is 11.6. The maximum atomic E-state index is 12.0. The van der Waals surface area contributed by atoms with Crippen molar-refractivity contribution in [3.63, 3.8) is 0 Å². The maximum absolute atomic E-state index is 12.0. The van der Waals surface area contributed by atoms with E-state index in [1.807, 2.05) is 44.2 Å².